The number of nitrogens with zero attached hydrogens (tertiary/aromatic N) is 1. The Morgan fingerprint density at radius 3 is 1.66 bits per heavy atom. The number of imide groups is 1. The van der Waals surface area contributed by atoms with Crippen LogP contribution in [0, 0.1) is 44.4 Å². The first kappa shape index (κ1) is 22.1. The molecule has 1 heterocycles. The molecule has 35 heavy (non-hydrogen) atoms. The Kier molecular flexibility index (Phi) is 5.08. The van der Waals surface area contributed by atoms with Crippen molar-refractivity contribution >= 4 is 34.7 Å². The second kappa shape index (κ2) is 8.07. The van der Waals surface area contributed by atoms with Gasteiger partial charge in [0.05, 0.1) is 17.5 Å². The highest BCUT2D eigenvalue weighted by atomic mass is 35.5. The van der Waals surface area contributed by atoms with Crippen molar-refractivity contribution < 1.29 is 9.59 Å². The zero-order valence-corrected chi connectivity index (χ0v) is 20.7. The molecule has 2 aliphatic carbocycles. The molecular formula is C31H26ClNO2. The molecule has 0 radical (unpaired) electrons. The van der Waals surface area contributed by atoms with Crippen LogP contribution in [0.15, 0.2) is 84.5 Å². The maximum atomic E-state index is 13.7. The standard InChI is InChI=1S/C31H26ClNO2/c1-17-4-9-20(10-5-17)26(21-11-6-18(2)7-12-21)27-23-14-15-24(27)29-28(23)30(34)33(31(29)35)22-13-8-19(3)25(32)16-22/h4-16,23-24,28-29H,1-3H3/t23-,24-,28-,29+/m1/s1. The Hall–Kier alpha value is -3.43. The molecule has 4 heteroatoms. The fraction of sp³-hybridized carbons (Fsp3) is 0.226. The van der Waals surface area contributed by atoms with E-state index in [1.165, 1.54) is 21.6 Å². The van der Waals surface area contributed by atoms with Gasteiger partial charge in [0, 0.05) is 16.9 Å². The van der Waals surface area contributed by atoms with Gasteiger partial charge in [-0.3, -0.25) is 9.59 Å². The average molecular weight is 480 g/mol. The number of amides is 2. The molecule has 0 unspecified atom stereocenters. The first-order valence-electron chi connectivity index (χ1n) is 12.1. The number of aryl methyl sites for hydroxylation is 3. The SMILES string of the molecule is Cc1ccc(C(=C2[C@H]3C=C[C@H]2[C@H]2C(=O)N(c4ccc(C)c(Cl)c4)C(=O)[C@H]23)c2ccc(C)cc2)cc1. The lowest BCUT2D eigenvalue weighted by atomic mass is 9.85. The van der Waals surface area contributed by atoms with E-state index in [1.54, 1.807) is 6.07 Å². The molecular weight excluding hydrogens is 454 g/mol. The second-order valence-electron chi connectivity index (χ2n) is 10.00. The van der Waals surface area contributed by atoms with E-state index in [1.807, 2.05) is 19.1 Å². The smallest absolute Gasteiger partial charge is 0.238 e. The van der Waals surface area contributed by atoms with Crippen molar-refractivity contribution in [2.24, 2.45) is 23.7 Å². The third kappa shape index (κ3) is 3.33. The summed E-state index contributed by atoms with van der Waals surface area (Å²) >= 11 is 6.33. The van der Waals surface area contributed by atoms with Gasteiger partial charge in [-0.2, -0.15) is 0 Å². The highest BCUT2D eigenvalue weighted by Gasteiger charge is 2.62. The molecule has 6 rings (SSSR count). The van der Waals surface area contributed by atoms with E-state index in [0.29, 0.717) is 10.7 Å². The van der Waals surface area contributed by atoms with Gasteiger partial charge >= 0.3 is 0 Å². The van der Waals surface area contributed by atoms with Gasteiger partial charge in [-0.05, 0) is 60.7 Å². The van der Waals surface area contributed by atoms with Gasteiger partial charge in [-0.1, -0.05) is 89.5 Å². The van der Waals surface area contributed by atoms with Crippen LogP contribution in [0.2, 0.25) is 5.02 Å². The molecule has 3 aliphatic rings. The van der Waals surface area contributed by atoms with Crippen LogP contribution in [0.5, 0.6) is 0 Å². The van der Waals surface area contributed by atoms with Crippen molar-refractivity contribution in [2.45, 2.75) is 20.8 Å². The lowest BCUT2D eigenvalue weighted by Crippen LogP contribution is -2.33. The number of hydrogen-bond acceptors (Lipinski definition) is 2. The lowest BCUT2D eigenvalue weighted by Gasteiger charge is -2.22. The van der Waals surface area contributed by atoms with E-state index in [0.717, 1.165) is 22.3 Å². The number of carbonyl (C=O) groups is 2. The number of anilines is 1. The number of rotatable bonds is 3. The first-order chi connectivity index (χ1) is 16.8. The molecule has 0 N–H and O–H groups in total. The van der Waals surface area contributed by atoms with Gasteiger partial charge in [0.2, 0.25) is 11.8 Å². The van der Waals surface area contributed by atoms with Crippen LogP contribution in [0.4, 0.5) is 5.69 Å². The summed E-state index contributed by atoms with van der Waals surface area (Å²) in [5.74, 6) is -1.19. The molecule has 4 atom stereocenters. The van der Waals surface area contributed by atoms with Crippen LogP contribution < -0.4 is 4.90 Å². The normalized spacial score (nSPS) is 24.5. The number of fused-ring (bicyclic) bond motifs is 5. The van der Waals surface area contributed by atoms with Gasteiger partial charge in [-0.15, -0.1) is 0 Å². The van der Waals surface area contributed by atoms with Crippen molar-refractivity contribution in [3.63, 3.8) is 0 Å². The van der Waals surface area contributed by atoms with Crippen LogP contribution in [-0.2, 0) is 9.59 Å². The number of allylic oxidation sites excluding steroid dienone is 3. The van der Waals surface area contributed by atoms with E-state index in [-0.39, 0.29) is 35.5 Å². The van der Waals surface area contributed by atoms with Gasteiger partial charge in [0.1, 0.15) is 0 Å². The average Bonchev–Trinajstić information content (AvgIpc) is 3.48. The molecule has 2 bridgehead atoms. The van der Waals surface area contributed by atoms with Gasteiger partial charge < -0.3 is 0 Å². The zero-order chi connectivity index (χ0) is 24.4. The number of benzene rings is 3. The largest absolute Gasteiger partial charge is 0.274 e. The van der Waals surface area contributed by atoms with Crippen molar-refractivity contribution in [3.8, 4) is 0 Å². The molecule has 3 aromatic carbocycles. The molecule has 3 aromatic rings. The maximum Gasteiger partial charge on any atom is 0.238 e. The van der Waals surface area contributed by atoms with Crippen LogP contribution in [-0.4, -0.2) is 11.8 Å². The Balaban J connectivity index is 1.48. The molecule has 1 aliphatic heterocycles. The molecule has 2 fully saturated rings. The van der Waals surface area contributed by atoms with Crippen LogP contribution in [0.1, 0.15) is 27.8 Å². The first-order valence-corrected chi connectivity index (χ1v) is 12.4. The summed E-state index contributed by atoms with van der Waals surface area (Å²) in [6.07, 6.45) is 4.28. The summed E-state index contributed by atoms with van der Waals surface area (Å²) in [6.45, 7) is 6.07. The minimum Gasteiger partial charge on any atom is -0.274 e. The predicted molar refractivity (Wildman–Crippen MR) is 140 cm³/mol. The Bertz CT molecular complexity index is 1350. The van der Waals surface area contributed by atoms with E-state index in [9.17, 15) is 9.59 Å². The predicted octanol–water partition coefficient (Wildman–Crippen LogP) is 6.69. The lowest BCUT2D eigenvalue weighted by molar-refractivity contribution is -0.122. The summed E-state index contributed by atoms with van der Waals surface area (Å²) in [6, 6.07) is 22.5. The van der Waals surface area contributed by atoms with Crippen molar-refractivity contribution in [2.75, 3.05) is 4.90 Å². The van der Waals surface area contributed by atoms with E-state index >= 15 is 0 Å². The maximum absolute atomic E-state index is 13.7. The summed E-state index contributed by atoms with van der Waals surface area (Å²) in [5, 5.41) is 0.558. The minimum atomic E-state index is -0.376. The molecule has 1 saturated carbocycles. The van der Waals surface area contributed by atoms with Crippen molar-refractivity contribution in [1.82, 2.24) is 0 Å². The fourth-order valence-corrected chi connectivity index (χ4v) is 6.19. The highest BCUT2D eigenvalue weighted by Crippen LogP contribution is 2.59. The van der Waals surface area contributed by atoms with Gasteiger partial charge in [0.15, 0.2) is 0 Å². The summed E-state index contributed by atoms with van der Waals surface area (Å²) in [7, 11) is 0. The molecule has 0 aromatic heterocycles. The van der Waals surface area contributed by atoms with E-state index in [2.05, 4.69) is 74.5 Å². The summed E-state index contributed by atoms with van der Waals surface area (Å²) in [4.78, 5) is 28.8. The Morgan fingerprint density at radius 1 is 0.714 bits per heavy atom. The molecule has 3 nitrogen and oxygen atoms in total. The van der Waals surface area contributed by atoms with Crippen LogP contribution in [0.25, 0.3) is 5.57 Å². The number of carbonyl (C=O) groups excluding carboxylic acids is 2. The molecule has 2 amide bonds. The topological polar surface area (TPSA) is 37.4 Å². The van der Waals surface area contributed by atoms with Gasteiger partial charge in [-0.25, -0.2) is 4.90 Å². The minimum absolute atomic E-state index is 0.0926. The third-order valence-corrected chi connectivity index (χ3v) is 8.21. The number of halogens is 1. The molecule has 1 saturated heterocycles. The van der Waals surface area contributed by atoms with Crippen molar-refractivity contribution in [3.05, 3.63) is 117 Å². The van der Waals surface area contributed by atoms with Crippen LogP contribution in [0.3, 0.4) is 0 Å². The van der Waals surface area contributed by atoms with E-state index in [4.69, 9.17) is 11.6 Å². The zero-order valence-electron chi connectivity index (χ0n) is 20.0. The van der Waals surface area contributed by atoms with Crippen molar-refractivity contribution in [1.29, 1.82) is 0 Å². The summed E-state index contributed by atoms with van der Waals surface area (Å²) < 4.78 is 0. The Labute approximate surface area is 210 Å². The van der Waals surface area contributed by atoms with Crippen LogP contribution >= 0.6 is 11.6 Å². The number of hydrogen-bond donors (Lipinski definition) is 0. The van der Waals surface area contributed by atoms with Gasteiger partial charge in [0.25, 0.3) is 0 Å². The van der Waals surface area contributed by atoms with E-state index < -0.39 is 0 Å². The summed E-state index contributed by atoms with van der Waals surface area (Å²) in [5.41, 5.74) is 8.45. The second-order valence-corrected chi connectivity index (χ2v) is 10.4. The fourth-order valence-electron chi connectivity index (χ4n) is 6.01. The molecule has 0 spiro atoms. The Morgan fingerprint density at radius 2 is 1.20 bits per heavy atom. The monoisotopic (exact) mass is 479 g/mol. The highest BCUT2D eigenvalue weighted by molar-refractivity contribution is 6.32. The molecule has 174 valence electrons. The third-order valence-electron chi connectivity index (χ3n) is 7.80. The quantitative estimate of drug-likeness (QED) is 0.310.